The van der Waals surface area contributed by atoms with Crippen LogP contribution in [0.3, 0.4) is 0 Å². The van der Waals surface area contributed by atoms with Crippen molar-refractivity contribution in [2.75, 3.05) is 0 Å². The van der Waals surface area contributed by atoms with Gasteiger partial charge in [-0.15, -0.1) is 46.4 Å². The molecule has 8 atom stereocenters. The molecule has 0 aliphatic heterocycles. The van der Waals surface area contributed by atoms with E-state index in [0.717, 1.165) is 11.1 Å². The summed E-state index contributed by atoms with van der Waals surface area (Å²) >= 11 is 83.3. The van der Waals surface area contributed by atoms with Gasteiger partial charge in [-0.2, -0.15) is 0 Å². The number of benzene rings is 1. The molecule has 1 aromatic rings. The number of fused-ring (bicyclic) bond motifs is 14. The predicted octanol–water partition coefficient (Wildman–Crippen LogP) is 9.79. The highest BCUT2D eigenvalue weighted by atomic mass is 35.5. The van der Waals surface area contributed by atoms with Crippen LogP contribution in [0.4, 0.5) is 0 Å². The second-order valence-corrected chi connectivity index (χ2v) is 15.4. The Morgan fingerprint density at radius 2 is 0.750 bits per heavy atom. The summed E-state index contributed by atoms with van der Waals surface area (Å²) in [6, 6.07) is 7.51. The van der Waals surface area contributed by atoms with Crippen molar-refractivity contribution in [1.29, 1.82) is 0 Å². The molecule has 0 heterocycles. The molecular weight excluding hydrogens is 666 g/mol. The lowest BCUT2D eigenvalue weighted by atomic mass is 9.57. The molecule has 0 nitrogen and oxygen atoms in total. The SMILES string of the molecule is ClC1=C(Cl)[C@]2(Cl)[C@@H]3[C@H]4[C@@H](c5ccccc5[C@H]3[C@@]1(Cl)C2(Cl)Cl)[C@@]1(Cl)C(Cl)=C(Cl)[C@]4(Cl)C1(Cl)Cl. The van der Waals surface area contributed by atoms with E-state index in [1.54, 1.807) is 0 Å². The Labute approximate surface area is 244 Å². The molecule has 0 aromatic heterocycles. The van der Waals surface area contributed by atoms with Crippen molar-refractivity contribution >= 4 is 139 Å². The van der Waals surface area contributed by atoms with Crippen LogP contribution in [0.5, 0.6) is 0 Å². The molecule has 0 unspecified atom stereocenters. The Morgan fingerprint density at radius 1 is 0.469 bits per heavy atom. The molecule has 0 radical (unpaired) electrons. The van der Waals surface area contributed by atoms with E-state index < -0.39 is 51.8 Å². The van der Waals surface area contributed by atoms with Crippen molar-refractivity contribution in [2.45, 2.75) is 40.0 Å². The van der Waals surface area contributed by atoms with E-state index in [9.17, 15) is 0 Å². The molecule has 5 aliphatic rings. The minimum Gasteiger partial charge on any atom is -0.109 e. The lowest BCUT2D eigenvalue weighted by Crippen LogP contribution is -2.53. The van der Waals surface area contributed by atoms with Gasteiger partial charge < -0.3 is 0 Å². The van der Waals surface area contributed by atoms with E-state index in [0.29, 0.717) is 0 Å². The summed E-state index contributed by atoms with van der Waals surface area (Å²) < 4.78 is -3.60. The van der Waals surface area contributed by atoms with Crippen molar-refractivity contribution in [3.8, 4) is 0 Å². The van der Waals surface area contributed by atoms with Crippen LogP contribution in [0.2, 0.25) is 0 Å². The molecule has 0 amide bonds. The van der Waals surface area contributed by atoms with Gasteiger partial charge in [0.2, 0.25) is 0 Å². The van der Waals surface area contributed by atoms with Crippen LogP contribution in [-0.2, 0) is 0 Å². The summed E-state index contributed by atoms with van der Waals surface area (Å²) in [4.78, 5) is -6.33. The maximum atomic E-state index is 7.25. The number of alkyl halides is 8. The second kappa shape index (κ2) is 6.59. The summed E-state index contributed by atoms with van der Waals surface area (Å²) in [5.41, 5.74) is 1.59. The average molecular weight is 674 g/mol. The van der Waals surface area contributed by atoms with E-state index in [4.69, 9.17) is 139 Å². The lowest BCUT2D eigenvalue weighted by molar-refractivity contribution is 0.201. The summed E-state index contributed by atoms with van der Waals surface area (Å²) in [6.07, 6.45) is 0. The number of rotatable bonds is 0. The molecule has 1 aromatic carbocycles. The second-order valence-electron chi connectivity index (χ2n) is 8.89. The maximum absolute atomic E-state index is 7.25. The lowest BCUT2D eigenvalue weighted by Gasteiger charge is -2.52. The zero-order valence-electron chi connectivity index (χ0n) is 15.2. The standard InChI is InChI=1S/C20H8Cl12/c21-11-13(23)17(27)9-7(15(11,25)19(17,29)30)5-3-1-2-4-6(5)8-10(9)18(28)14(24)12(22)16(8,26)20(18,31)32/h1-4,7-10H/t7-,8-,9-,10+,15-,16+,17+,18-/m1/s1. The molecule has 4 bridgehead atoms. The quantitative estimate of drug-likeness (QED) is 0.241. The largest absolute Gasteiger partial charge is 0.167 e. The minimum atomic E-state index is -1.80. The Hall–Kier alpha value is 2.18. The van der Waals surface area contributed by atoms with Crippen molar-refractivity contribution in [3.05, 3.63) is 55.5 Å². The van der Waals surface area contributed by atoms with Gasteiger partial charge in [0.15, 0.2) is 8.67 Å². The zero-order chi connectivity index (χ0) is 23.6. The first kappa shape index (κ1) is 24.5. The molecule has 2 saturated carbocycles. The molecule has 5 aliphatic carbocycles. The van der Waals surface area contributed by atoms with Gasteiger partial charge in [-0.1, -0.05) is 117 Å². The van der Waals surface area contributed by atoms with Crippen LogP contribution >= 0.6 is 139 Å². The van der Waals surface area contributed by atoms with Gasteiger partial charge in [0.1, 0.15) is 19.5 Å². The van der Waals surface area contributed by atoms with E-state index in [2.05, 4.69) is 0 Å². The Bertz CT molecular complexity index is 1100. The molecule has 172 valence electrons. The third-order valence-corrected chi connectivity index (χ3v) is 16.6. The number of hydrogen-bond acceptors (Lipinski definition) is 0. The highest BCUT2D eigenvalue weighted by Crippen LogP contribution is 2.88. The fourth-order valence-corrected chi connectivity index (χ4v) is 12.9. The van der Waals surface area contributed by atoms with Crippen molar-refractivity contribution < 1.29 is 0 Å². The summed E-state index contributed by atoms with van der Waals surface area (Å²) in [5.74, 6) is -2.54. The van der Waals surface area contributed by atoms with Crippen LogP contribution in [-0.4, -0.2) is 28.2 Å². The van der Waals surface area contributed by atoms with Crippen molar-refractivity contribution in [1.82, 2.24) is 0 Å². The molecule has 2 fully saturated rings. The summed E-state index contributed by atoms with van der Waals surface area (Å²) in [6.45, 7) is 0. The molecule has 0 N–H and O–H groups in total. The normalized spacial score (nSPS) is 51.2. The van der Waals surface area contributed by atoms with Gasteiger partial charge in [-0.05, 0) is 11.1 Å². The molecular formula is C20H8Cl12. The Balaban J connectivity index is 1.78. The monoisotopic (exact) mass is 668 g/mol. The molecule has 0 saturated heterocycles. The van der Waals surface area contributed by atoms with Crippen LogP contribution < -0.4 is 0 Å². The van der Waals surface area contributed by atoms with E-state index in [1.807, 2.05) is 24.3 Å². The highest BCUT2D eigenvalue weighted by molar-refractivity contribution is 6.67. The molecule has 0 spiro atoms. The van der Waals surface area contributed by atoms with Gasteiger partial charge >= 0.3 is 0 Å². The highest BCUT2D eigenvalue weighted by Gasteiger charge is 2.91. The predicted molar refractivity (Wildman–Crippen MR) is 140 cm³/mol. The van der Waals surface area contributed by atoms with E-state index in [-0.39, 0.29) is 20.1 Å². The third kappa shape index (κ3) is 2.00. The van der Waals surface area contributed by atoms with E-state index >= 15 is 0 Å². The molecule has 32 heavy (non-hydrogen) atoms. The summed E-state index contributed by atoms with van der Waals surface area (Å²) in [7, 11) is 0. The molecule has 6 rings (SSSR count). The first-order chi connectivity index (χ1) is 14.6. The Kier molecular flexibility index (Phi) is 5.05. The number of halogens is 12. The zero-order valence-corrected chi connectivity index (χ0v) is 24.2. The topological polar surface area (TPSA) is 0 Å². The third-order valence-electron chi connectivity index (χ3n) is 8.04. The van der Waals surface area contributed by atoms with Crippen LogP contribution in [0.25, 0.3) is 0 Å². The van der Waals surface area contributed by atoms with Gasteiger partial charge in [-0.25, -0.2) is 0 Å². The van der Waals surface area contributed by atoms with Gasteiger partial charge in [0.05, 0.1) is 20.1 Å². The van der Waals surface area contributed by atoms with Gasteiger partial charge in [0.25, 0.3) is 0 Å². The Morgan fingerprint density at radius 3 is 1.06 bits per heavy atom. The number of hydrogen-bond donors (Lipinski definition) is 0. The van der Waals surface area contributed by atoms with Gasteiger partial charge in [-0.3, -0.25) is 0 Å². The van der Waals surface area contributed by atoms with E-state index in [1.165, 1.54) is 0 Å². The fourth-order valence-electron chi connectivity index (χ4n) is 6.85. The van der Waals surface area contributed by atoms with Crippen LogP contribution in [0.15, 0.2) is 44.4 Å². The maximum Gasteiger partial charge on any atom is 0.167 e. The number of allylic oxidation sites excluding steroid dienone is 4. The van der Waals surface area contributed by atoms with Crippen LogP contribution in [0, 0.1) is 11.8 Å². The average Bonchev–Trinajstić information content (AvgIpc) is 3.08. The smallest absolute Gasteiger partial charge is 0.109 e. The molecule has 12 heteroatoms. The van der Waals surface area contributed by atoms with Crippen molar-refractivity contribution in [2.24, 2.45) is 11.8 Å². The first-order valence-corrected chi connectivity index (χ1v) is 13.9. The van der Waals surface area contributed by atoms with Crippen molar-refractivity contribution in [3.63, 3.8) is 0 Å². The van der Waals surface area contributed by atoms with Gasteiger partial charge in [0, 0.05) is 23.7 Å². The van der Waals surface area contributed by atoms with Crippen LogP contribution in [0.1, 0.15) is 23.0 Å². The fraction of sp³-hybridized carbons (Fsp3) is 0.500. The summed E-state index contributed by atoms with van der Waals surface area (Å²) in [5, 5.41) is 0.274. The first-order valence-electron chi connectivity index (χ1n) is 9.33. The minimum absolute atomic E-state index is 0.0489.